The van der Waals surface area contributed by atoms with E-state index in [-0.39, 0.29) is 0 Å². The number of halogens is 2. The number of fused-ring (bicyclic) bond motifs is 8. The molecule has 0 fully saturated rings. The number of hydrogen-bond donors (Lipinski definition) is 0. The first-order valence-electron chi connectivity index (χ1n) is 14.4. The molecule has 224 valence electrons. The molecule has 0 spiro atoms. The van der Waals surface area contributed by atoms with E-state index in [0.717, 1.165) is 33.2 Å². The molecule has 0 unspecified atom stereocenters. The lowest BCUT2D eigenvalue weighted by molar-refractivity contribution is 0.0592. The minimum absolute atomic E-state index is 0.345. The van der Waals surface area contributed by atoms with Crippen LogP contribution in [-0.2, 0) is 20.5 Å². The van der Waals surface area contributed by atoms with Gasteiger partial charge in [0.1, 0.15) is 17.4 Å². The second-order valence-electron chi connectivity index (χ2n) is 11.8. The van der Waals surface area contributed by atoms with E-state index < -0.39 is 34.6 Å². The van der Waals surface area contributed by atoms with Crippen LogP contribution in [-0.4, -0.2) is 26.2 Å². The zero-order valence-electron chi connectivity index (χ0n) is 25.0. The number of rotatable bonds is 4. The topological polar surface area (TPSA) is 61.8 Å². The average molecular weight is 603 g/mol. The predicted molar refractivity (Wildman–Crippen MR) is 167 cm³/mol. The van der Waals surface area contributed by atoms with Crippen molar-refractivity contribution in [3.63, 3.8) is 0 Å². The lowest BCUT2D eigenvalue weighted by atomic mass is 9.76. The highest BCUT2D eigenvalue weighted by Gasteiger charge is 2.44. The first-order chi connectivity index (χ1) is 21.6. The summed E-state index contributed by atoms with van der Waals surface area (Å²) in [5.41, 5.74) is 4.95. The van der Waals surface area contributed by atoms with Crippen LogP contribution in [0, 0.1) is 11.6 Å². The van der Waals surface area contributed by atoms with Gasteiger partial charge in [0, 0.05) is 27.5 Å². The summed E-state index contributed by atoms with van der Waals surface area (Å²) in [6.45, 7) is 4.20. The molecule has 0 atom stereocenters. The Hall–Kier alpha value is -5.30. The third kappa shape index (κ3) is 4.18. The summed E-state index contributed by atoms with van der Waals surface area (Å²) in [7, 11) is 2.69. The van der Waals surface area contributed by atoms with Crippen molar-refractivity contribution in [1.82, 2.24) is 0 Å². The largest absolute Gasteiger partial charge is 0.472 e. The van der Waals surface area contributed by atoms with Crippen LogP contribution in [0.4, 0.5) is 8.78 Å². The van der Waals surface area contributed by atoms with E-state index in [1.54, 1.807) is 42.5 Å². The van der Waals surface area contributed by atoms with Gasteiger partial charge in [0.15, 0.2) is 5.60 Å². The summed E-state index contributed by atoms with van der Waals surface area (Å²) in [5, 5.41) is 1.52. The molecule has 0 saturated heterocycles. The van der Waals surface area contributed by atoms with E-state index in [9.17, 15) is 18.4 Å². The lowest BCUT2D eigenvalue weighted by Crippen LogP contribution is -2.35. The van der Waals surface area contributed by atoms with Crippen molar-refractivity contribution in [1.29, 1.82) is 0 Å². The Morgan fingerprint density at radius 2 is 1.27 bits per heavy atom. The van der Waals surface area contributed by atoms with Crippen LogP contribution in [0.3, 0.4) is 0 Å². The van der Waals surface area contributed by atoms with Gasteiger partial charge in [-0.05, 0) is 82.2 Å². The van der Waals surface area contributed by atoms with Gasteiger partial charge in [-0.3, -0.25) is 0 Å². The Balaban J connectivity index is 1.56. The van der Waals surface area contributed by atoms with Gasteiger partial charge in [-0.15, -0.1) is 0 Å². The summed E-state index contributed by atoms with van der Waals surface area (Å²) in [4.78, 5) is 25.2. The van der Waals surface area contributed by atoms with E-state index >= 15 is 0 Å². The summed E-state index contributed by atoms with van der Waals surface area (Å²) >= 11 is 0. The third-order valence-electron chi connectivity index (χ3n) is 9.02. The molecule has 5 aromatic carbocycles. The number of ether oxygens (including phenoxy) is 3. The minimum Gasteiger partial charge on any atom is -0.472 e. The maximum Gasteiger partial charge on any atom is 0.337 e. The Morgan fingerprint density at radius 3 is 1.84 bits per heavy atom. The van der Waals surface area contributed by atoms with Crippen LogP contribution < -0.4 is 4.74 Å². The quantitative estimate of drug-likeness (QED) is 0.194. The molecule has 5 nitrogen and oxygen atoms in total. The van der Waals surface area contributed by atoms with E-state index in [2.05, 4.69) is 13.8 Å². The predicted octanol–water partition coefficient (Wildman–Crippen LogP) is 8.35. The summed E-state index contributed by atoms with van der Waals surface area (Å²) in [5.74, 6) is -1.20. The maximum absolute atomic E-state index is 14.1. The molecular weight excluding hydrogens is 574 g/mol. The molecule has 5 aromatic rings. The van der Waals surface area contributed by atoms with Crippen LogP contribution in [0.1, 0.15) is 62.4 Å². The van der Waals surface area contributed by atoms with Crippen LogP contribution in [0.15, 0.2) is 91.0 Å². The highest BCUT2D eigenvalue weighted by Crippen LogP contribution is 2.58. The smallest absolute Gasteiger partial charge is 0.337 e. The Kier molecular flexibility index (Phi) is 6.41. The number of esters is 2. The van der Waals surface area contributed by atoms with Crippen molar-refractivity contribution in [2.75, 3.05) is 14.2 Å². The zero-order chi connectivity index (χ0) is 31.7. The van der Waals surface area contributed by atoms with Gasteiger partial charge in [0.2, 0.25) is 0 Å². The fraction of sp³-hybridized carbons (Fsp3) is 0.158. The maximum atomic E-state index is 14.1. The van der Waals surface area contributed by atoms with Crippen molar-refractivity contribution < 1.29 is 32.6 Å². The first-order valence-corrected chi connectivity index (χ1v) is 14.4. The van der Waals surface area contributed by atoms with E-state index in [1.165, 1.54) is 38.5 Å². The van der Waals surface area contributed by atoms with E-state index in [4.69, 9.17) is 14.2 Å². The van der Waals surface area contributed by atoms with E-state index in [0.29, 0.717) is 33.4 Å². The molecule has 0 aromatic heterocycles. The number of hydrogen-bond acceptors (Lipinski definition) is 5. The molecule has 1 aliphatic heterocycles. The van der Waals surface area contributed by atoms with Crippen LogP contribution in [0.2, 0.25) is 0 Å². The minimum atomic E-state index is -1.25. The summed E-state index contributed by atoms with van der Waals surface area (Å²) < 4.78 is 45.4. The molecule has 1 heterocycles. The monoisotopic (exact) mass is 602 g/mol. The summed E-state index contributed by atoms with van der Waals surface area (Å²) in [6.07, 6.45) is 3.90. The van der Waals surface area contributed by atoms with Crippen molar-refractivity contribution in [3.05, 3.63) is 142 Å². The standard InChI is InChI=1S/C38H28F2O5/c1-37(2)31-20-22(36(42)44-4)6-16-28(31)32-27-15-5-21(35(41)43-3)19-30(27)34-29(33(32)37)17-18-38(45-34,23-7-11-25(39)12-8-23)24-9-13-26(40)14-10-24/h5-20H,1-4H3. The molecule has 1 aliphatic carbocycles. The van der Waals surface area contributed by atoms with Gasteiger partial charge in [-0.25, -0.2) is 18.4 Å². The van der Waals surface area contributed by atoms with Gasteiger partial charge < -0.3 is 14.2 Å². The zero-order valence-corrected chi connectivity index (χ0v) is 25.0. The highest BCUT2D eigenvalue weighted by atomic mass is 19.1. The molecule has 0 saturated carbocycles. The normalized spacial score (nSPS) is 15.1. The van der Waals surface area contributed by atoms with Gasteiger partial charge in [-0.2, -0.15) is 0 Å². The van der Waals surface area contributed by atoms with Crippen LogP contribution in [0.5, 0.6) is 5.75 Å². The number of methoxy groups -OCH3 is 2. The molecule has 7 rings (SSSR count). The fourth-order valence-corrected chi connectivity index (χ4v) is 6.85. The molecule has 0 radical (unpaired) electrons. The van der Waals surface area contributed by atoms with Gasteiger partial charge >= 0.3 is 11.9 Å². The molecule has 0 N–H and O–H groups in total. The Morgan fingerprint density at radius 1 is 0.711 bits per heavy atom. The van der Waals surface area contributed by atoms with E-state index in [1.807, 2.05) is 30.4 Å². The van der Waals surface area contributed by atoms with Crippen LogP contribution in [0.25, 0.3) is 28.0 Å². The van der Waals surface area contributed by atoms with Gasteiger partial charge in [-0.1, -0.05) is 56.3 Å². The second kappa shape index (κ2) is 10.1. The van der Waals surface area contributed by atoms with Crippen LogP contribution >= 0.6 is 0 Å². The number of carbonyl (C=O) groups excluding carboxylic acids is 2. The lowest BCUT2D eigenvalue weighted by Gasteiger charge is -2.38. The first kappa shape index (κ1) is 28.5. The number of benzene rings is 5. The third-order valence-corrected chi connectivity index (χ3v) is 9.02. The fourth-order valence-electron chi connectivity index (χ4n) is 6.85. The Labute approximate surface area is 258 Å². The van der Waals surface area contributed by atoms with Crippen molar-refractivity contribution in [2.24, 2.45) is 0 Å². The molecule has 45 heavy (non-hydrogen) atoms. The average Bonchev–Trinajstić information content (AvgIpc) is 3.30. The van der Waals surface area contributed by atoms with Crippen molar-refractivity contribution in [2.45, 2.75) is 24.9 Å². The molecule has 0 bridgehead atoms. The van der Waals surface area contributed by atoms with Gasteiger partial charge in [0.25, 0.3) is 0 Å². The SMILES string of the molecule is COC(=O)c1ccc2c(c1)C(C)(C)c1c3c(c4cc(C(=O)OC)ccc4c1-2)OC(c1ccc(F)cc1)(c1ccc(F)cc1)C=C3. The summed E-state index contributed by atoms with van der Waals surface area (Å²) in [6, 6.07) is 23.0. The van der Waals surface area contributed by atoms with Crippen molar-refractivity contribution in [3.8, 4) is 16.9 Å². The molecule has 2 aliphatic rings. The number of carbonyl (C=O) groups is 2. The highest BCUT2D eigenvalue weighted by molar-refractivity contribution is 6.10. The van der Waals surface area contributed by atoms with Gasteiger partial charge in [0.05, 0.1) is 25.3 Å². The molecule has 7 heteroatoms. The molecule has 0 amide bonds. The Bertz CT molecular complexity index is 2030. The second-order valence-corrected chi connectivity index (χ2v) is 11.8. The molecular formula is C38H28F2O5. The van der Waals surface area contributed by atoms with Crippen molar-refractivity contribution >= 4 is 28.8 Å².